The molecule has 1 atom stereocenters. The van der Waals surface area contributed by atoms with Crippen molar-refractivity contribution in [2.24, 2.45) is 0 Å². The molecule has 0 spiro atoms. The van der Waals surface area contributed by atoms with Crippen LogP contribution in [0, 0.1) is 13.8 Å². The molecule has 1 fully saturated rings. The Morgan fingerprint density at radius 1 is 1.50 bits per heavy atom. The second-order valence-corrected chi connectivity index (χ2v) is 8.07. The van der Waals surface area contributed by atoms with Crippen LogP contribution in [0.25, 0.3) is 0 Å². The van der Waals surface area contributed by atoms with Gasteiger partial charge >= 0.3 is 0 Å². The van der Waals surface area contributed by atoms with E-state index in [0.29, 0.717) is 5.75 Å². The van der Waals surface area contributed by atoms with E-state index in [-0.39, 0.29) is 11.9 Å². The maximum Gasteiger partial charge on any atom is 0.206 e. The molecule has 130 valence electrons. The zero-order chi connectivity index (χ0) is 17.1. The molecule has 1 N–H and O–H groups in total. The number of thioether (sulfide) groups is 1. The van der Waals surface area contributed by atoms with Crippen LogP contribution in [0.15, 0.2) is 10.4 Å². The molecule has 0 amide bonds. The van der Waals surface area contributed by atoms with Gasteiger partial charge in [0.25, 0.3) is 0 Å². The fourth-order valence-corrected chi connectivity index (χ4v) is 4.52. The van der Waals surface area contributed by atoms with Crippen molar-refractivity contribution in [3.63, 3.8) is 0 Å². The minimum Gasteiger partial charge on any atom is -0.376 e. The number of carbonyl (C=O) groups is 1. The van der Waals surface area contributed by atoms with Crippen LogP contribution in [0.5, 0.6) is 0 Å². The van der Waals surface area contributed by atoms with Gasteiger partial charge in [-0.15, -0.1) is 10.2 Å². The third-order valence-electron chi connectivity index (χ3n) is 4.23. The molecular weight excluding hydrogens is 344 g/mol. The van der Waals surface area contributed by atoms with Crippen molar-refractivity contribution in [3.8, 4) is 0 Å². The van der Waals surface area contributed by atoms with Crippen molar-refractivity contribution >= 4 is 34.0 Å². The van der Waals surface area contributed by atoms with Gasteiger partial charge in [0.2, 0.25) is 5.13 Å². The van der Waals surface area contributed by atoms with Crippen molar-refractivity contribution in [3.05, 3.63) is 23.0 Å². The van der Waals surface area contributed by atoms with Gasteiger partial charge in [-0.3, -0.25) is 4.79 Å². The van der Waals surface area contributed by atoms with Gasteiger partial charge in [-0.25, -0.2) is 0 Å². The van der Waals surface area contributed by atoms with Gasteiger partial charge in [0.15, 0.2) is 10.1 Å². The molecule has 0 aliphatic carbocycles. The number of rotatable bonds is 7. The molecule has 2 aromatic heterocycles. The first kappa shape index (κ1) is 17.4. The number of carbonyl (C=O) groups excluding carboxylic acids is 1. The van der Waals surface area contributed by atoms with Gasteiger partial charge in [0.1, 0.15) is 0 Å². The number of nitrogens with one attached hydrogen (secondary N) is 1. The highest BCUT2D eigenvalue weighted by atomic mass is 32.2. The zero-order valence-electron chi connectivity index (χ0n) is 14.2. The highest BCUT2D eigenvalue weighted by Crippen LogP contribution is 2.27. The van der Waals surface area contributed by atoms with Crippen molar-refractivity contribution in [2.75, 3.05) is 24.7 Å². The number of ether oxygens (including phenoxy) is 1. The van der Waals surface area contributed by atoms with Crippen LogP contribution >= 0.6 is 23.1 Å². The van der Waals surface area contributed by atoms with Crippen LogP contribution < -0.4 is 5.32 Å². The van der Waals surface area contributed by atoms with Crippen LogP contribution in [0.2, 0.25) is 0 Å². The number of aryl methyl sites for hydroxylation is 1. The molecule has 1 aliphatic rings. The van der Waals surface area contributed by atoms with E-state index in [2.05, 4.69) is 27.0 Å². The largest absolute Gasteiger partial charge is 0.376 e. The summed E-state index contributed by atoms with van der Waals surface area (Å²) < 4.78 is 8.74. The summed E-state index contributed by atoms with van der Waals surface area (Å²) in [5.74, 6) is 0.510. The summed E-state index contributed by atoms with van der Waals surface area (Å²) in [5.41, 5.74) is 2.95. The first-order chi connectivity index (χ1) is 11.6. The Morgan fingerprint density at radius 3 is 3.00 bits per heavy atom. The first-order valence-electron chi connectivity index (χ1n) is 8.04. The normalized spacial score (nSPS) is 17.4. The highest BCUT2D eigenvalue weighted by molar-refractivity contribution is 8.01. The maximum atomic E-state index is 12.6. The van der Waals surface area contributed by atoms with Crippen LogP contribution in [-0.4, -0.2) is 46.1 Å². The van der Waals surface area contributed by atoms with E-state index in [1.165, 1.54) is 23.1 Å². The summed E-state index contributed by atoms with van der Waals surface area (Å²) in [5, 5.41) is 11.8. The second-order valence-electron chi connectivity index (χ2n) is 5.87. The monoisotopic (exact) mass is 366 g/mol. The number of hydrogen-bond acceptors (Lipinski definition) is 7. The average Bonchev–Trinajstić information content (AvgIpc) is 3.30. The quantitative estimate of drug-likeness (QED) is 0.600. The predicted molar refractivity (Wildman–Crippen MR) is 97.4 cm³/mol. The van der Waals surface area contributed by atoms with E-state index in [9.17, 15) is 4.79 Å². The smallest absolute Gasteiger partial charge is 0.206 e. The lowest BCUT2D eigenvalue weighted by atomic mass is 10.2. The number of ketones is 1. The molecule has 8 heteroatoms. The third-order valence-corrected chi connectivity index (χ3v) is 6.31. The number of hydrogen-bond donors (Lipinski definition) is 1. The molecule has 24 heavy (non-hydrogen) atoms. The second kappa shape index (κ2) is 7.67. The molecule has 0 saturated carbocycles. The summed E-state index contributed by atoms with van der Waals surface area (Å²) in [6.45, 7) is 5.75. The summed E-state index contributed by atoms with van der Waals surface area (Å²) >= 11 is 2.90. The van der Waals surface area contributed by atoms with Crippen molar-refractivity contribution in [2.45, 2.75) is 43.7 Å². The molecule has 3 rings (SSSR count). The fourth-order valence-electron chi connectivity index (χ4n) is 2.93. The lowest BCUT2D eigenvalue weighted by Gasteiger charge is -2.14. The van der Waals surface area contributed by atoms with Crippen LogP contribution in [0.1, 0.15) is 34.6 Å². The molecule has 3 heterocycles. The summed E-state index contributed by atoms with van der Waals surface area (Å²) in [4.78, 5) is 12.6. The fraction of sp³-hybridized carbons (Fsp3) is 0.562. The molecule has 0 radical (unpaired) electrons. The zero-order valence-corrected chi connectivity index (χ0v) is 15.8. The molecule has 0 aromatic carbocycles. The maximum absolute atomic E-state index is 12.6. The number of Topliss-reactive ketones (excluding diaryl/α,β-unsaturated/α-hetero) is 1. The molecular formula is C16H22N4O2S2. The predicted octanol–water partition coefficient (Wildman–Crippen LogP) is 3.15. The lowest BCUT2D eigenvalue weighted by Crippen LogP contribution is -2.17. The van der Waals surface area contributed by atoms with E-state index in [1.54, 1.807) is 0 Å². The van der Waals surface area contributed by atoms with E-state index in [1.807, 2.05) is 20.0 Å². The Bertz CT molecular complexity index is 720. The topological polar surface area (TPSA) is 69.0 Å². The Kier molecular flexibility index (Phi) is 5.57. The van der Waals surface area contributed by atoms with Gasteiger partial charge in [-0.05, 0) is 32.8 Å². The van der Waals surface area contributed by atoms with E-state index >= 15 is 0 Å². The Balaban J connectivity index is 1.65. The van der Waals surface area contributed by atoms with Gasteiger partial charge in [0, 0.05) is 37.2 Å². The molecule has 6 nitrogen and oxygen atoms in total. The molecule has 0 unspecified atom stereocenters. The van der Waals surface area contributed by atoms with E-state index in [0.717, 1.165) is 52.4 Å². The van der Waals surface area contributed by atoms with Crippen LogP contribution in [0.3, 0.4) is 0 Å². The average molecular weight is 367 g/mol. The third kappa shape index (κ3) is 3.81. The highest BCUT2D eigenvalue weighted by Gasteiger charge is 2.21. The first-order valence-corrected chi connectivity index (χ1v) is 9.84. The molecule has 1 aliphatic heterocycles. The van der Waals surface area contributed by atoms with E-state index < -0.39 is 0 Å². The number of aromatic nitrogens is 3. The Labute approximate surface area is 150 Å². The standard InChI is InChI=1S/C16H22N4O2S2/c1-10-7-13(11(2)20(10)8-12-5-4-6-22-12)14(21)9-23-16-19-18-15(17-3)24-16/h7,12H,4-6,8-9H2,1-3H3,(H,17,18)/t12-/m1/s1. The minimum atomic E-state index is 0.132. The summed E-state index contributed by atoms with van der Waals surface area (Å²) in [7, 11) is 1.81. The van der Waals surface area contributed by atoms with Crippen molar-refractivity contribution < 1.29 is 9.53 Å². The van der Waals surface area contributed by atoms with Crippen molar-refractivity contribution in [1.29, 1.82) is 0 Å². The van der Waals surface area contributed by atoms with Gasteiger partial charge < -0.3 is 14.6 Å². The Morgan fingerprint density at radius 2 is 2.33 bits per heavy atom. The van der Waals surface area contributed by atoms with Crippen LogP contribution in [-0.2, 0) is 11.3 Å². The number of nitrogens with zero attached hydrogens (tertiary/aromatic N) is 3. The minimum absolute atomic E-state index is 0.132. The van der Waals surface area contributed by atoms with Crippen LogP contribution in [0.4, 0.5) is 5.13 Å². The lowest BCUT2D eigenvalue weighted by molar-refractivity contribution is 0.0957. The SMILES string of the molecule is CNc1nnc(SCC(=O)c2cc(C)n(C[C@H]3CCCO3)c2C)s1. The van der Waals surface area contributed by atoms with E-state index in [4.69, 9.17) is 4.74 Å². The molecule has 0 bridgehead atoms. The van der Waals surface area contributed by atoms with Crippen molar-refractivity contribution in [1.82, 2.24) is 14.8 Å². The van der Waals surface area contributed by atoms with Gasteiger partial charge in [-0.1, -0.05) is 23.1 Å². The number of anilines is 1. The summed E-state index contributed by atoms with van der Waals surface area (Å²) in [6.07, 6.45) is 2.50. The Hall–Kier alpha value is -1.38. The van der Waals surface area contributed by atoms with Gasteiger partial charge in [0.05, 0.1) is 11.9 Å². The van der Waals surface area contributed by atoms with Gasteiger partial charge in [-0.2, -0.15) is 0 Å². The summed E-state index contributed by atoms with van der Waals surface area (Å²) in [6, 6.07) is 1.99. The molecule has 2 aromatic rings. The molecule has 1 saturated heterocycles.